The van der Waals surface area contributed by atoms with Gasteiger partial charge in [-0.3, -0.25) is 4.98 Å². The van der Waals surface area contributed by atoms with Crippen molar-refractivity contribution in [2.75, 3.05) is 31.2 Å². The molecule has 0 aliphatic carbocycles. The molecule has 0 spiro atoms. The summed E-state index contributed by atoms with van der Waals surface area (Å²) in [5.41, 5.74) is 1.92. The normalized spacial score (nSPS) is 18.9. The largest absolute Gasteiger partial charge is 0.381 e. The van der Waals surface area contributed by atoms with E-state index in [9.17, 15) is 0 Å². The number of hydrogen-bond acceptors (Lipinski definition) is 4. The van der Waals surface area contributed by atoms with Crippen LogP contribution < -0.4 is 4.90 Å². The zero-order chi connectivity index (χ0) is 13.8. The standard InChI is InChI=1S/C16H21N3O/c1-2-9-20-12-13-7-8-19(11-13)16-10-17-14-5-3-4-6-15(14)18-16/h3-6,10,13H,2,7-9,11-12H2,1H3/t13-/m0/s1. The molecule has 1 fully saturated rings. The van der Waals surface area contributed by atoms with Crippen LogP contribution in [0.3, 0.4) is 0 Å². The van der Waals surface area contributed by atoms with E-state index >= 15 is 0 Å². The molecule has 0 unspecified atom stereocenters. The molecule has 3 rings (SSSR count). The summed E-state index contributed by atoms with van der Waals surface area (Å²) in [6, 6.07) is 8.01. The molecule has 0 bridgehead atoms. The van der Waals surface area contributed by atoms with E-state index in [2.05, 4.69) is 16.8 Å². The number of hydrogen-bond donors (Lipinski definition) is 0. The van der Waals surface area contributed by atoms with Crippen LogP contribution in [0.15, 0.2) is 30.5 Å². The molecule has 1 aromatic carbocycles. The fourth-order valence-electron chi connectivity index (χ4n) is 2.67. The Kier molecular flexibility index (Phi) is 4.11. The van der Waals surface area contributed by atoms with E-state index < -0.39 is 0 Å². The first-order valence-corrected chi connectivity index (χ1v) is 7.41. The predicted molar refractivity (Wildman–Crippen MR) is 81.0 cm³/mol. The van der Waals surface area contributed by atoms with Gasteiger partial charge in [-0.05, 0) is 25.0 Å². The molecule has 1 saturated heterocycles. The lowest BCUT2D eigenvalue weighted by Gasteiger charge is -2.17. The molecule has 2 aromatic rings. The summed E-state index contributed by atoms with van der Waals surface area (Å²) in [4.78, 5) is 11.5. The highest BCUT2D eigenvalue weighted by molar-refractivity contribution is 5.75. The summed E-state index contributed by atoms with van der Waals surface area (Å²) in [7, 11) is 0. The van der Waals surface area contributed by atoms with Crippen molar-refractivity contribution >= 4 is 16.9 Å². The second kappa shape index (κ2) is 6.18. The van der Waals surface area contributed by atoms with E-state index in [1.165, 1.54) is 6.42 Å². The molecule has 1 aliphatic heterocycles. The summed E-state index contributed by atoms with van der Waals surface area (Å²) < 4.78 is 5.66. The van der Waals surface area contributed by atoms with Crippen LogP contribution in [0.1, 0.15) is 19.8 Å². The van der Waals surface area contributed by atoms with Crippen LogP contribution in [0.25, 0.3) is 11.0 Å². The van der Waals surface area contributed by atoms with E-state index in [4.69, 9.17) is 9.72 Å². The molecule has 2 heterocycles. The van der Waals surface area contributed by atoms with Crippen molar-refractivity contribution in [3.63, 3.8) is 0 Å². The van der Waals surface area contributed by atoms with Crippen LogP contribution in [-0.2, 0) is 4.74 Å². The maximum atomic E-state index is 5.66. The third-order valence-corrected chi connectivity index (χ3v) is 3.75. The number of nitrogens with zero attached hydrogens (tertiary/aromatic N) is 3. The van der Waals surface area contributed by atoms with Crippen molar-refractivity contribution in [1.29, 1.82) is 0 Å². The smallest absolute Gasteiger partial charge is 0.147 e. The average Bonchev–Trinajstić information content (AvgIpc) is 2.96. The van der Waals surface area contributed by atoms with Gasteiger partial charge in [0, 0.05) is 25.6 Å². The fourth-order valence-corrected chi connectivity index (χ4v) is 2.67. The summed E-state index contributed by atoms with van der Waals surface area (Å²) in [6.07, 6.45) is 4.16. The molecule has 106 valence electrons. The maximum absolute atomic E-state index is 5.66. The van der Waals surface area contributed by atoms with Crippen LogP contribution >= 0.6 is 0 Å². The van der Waals surface area contributed by atoms with Gasteiger partial charge in [-0.15, -0.1) is 0 Å². The number of para-hydroxylation sites is 2. The Hall–Kier alpha value is -1.68. The predicted octanol–water partition coefficient (Wildman–Crippen LogP) is 2.88. The topological polar surface area (TPSA) is 38.2 Å². The quantitative estimate of drug-likeness (QED) is 0.784. The number of anilines is 1. The molecule has 0 amide bonds. The molecule has 1 aromatic heterocycles. The Morgan fingerprint density at radius 1 is 1.30 bits per heavy atom. The lowest BCUT2D eigenvalue weighted by molar-refractivity contribution is 0.106. The van der Waals surface area contributed by atoms with E-state index in [1.54, 1.807) is 0 Å². The summed E-state index contributed by atoms with van der Waals surface area (Å²) in [6.45, 7) is 5.95. The minimum atomic E-state index is 0.620. The van der Waals surface area contributed by atoms with Gasteiger partial charge in [0.2, 0.25) is 0 Å². The number of fused-ring (bicyclic) bond motifs is 1. The monoisotopic (exact) mass is 271 g/mol. The fraction of sp³-hybridized carbons (Fsp3) is 0.500. The minimum absolute atomic E-state index is 0.620. The Labute approximate surface area is 119 Å². The second-order valence-corrected chi connectivity index (χ2v) is 5.39. The second-order valence-electron chi connectivity index (χ2n) is 5.39. The van der Waals surface area contributed by atoms with Crippen LogP contribution in [0.4, 0.5) is 5.82 Å². The van der Waals surface area contributed by atoms with Crippen LogP contribution in [0.2, 0.25) is 0 Å². The van der Waals surface area contributed by atoms with E-state index in [0.717, 1.165) is 49.6 Å². The number of aromatic nitrogens is 2. The zero-order valence-electron chi connectivity index (χ0n) is 12.0. The molecule has 1 atom stereocenters. The van der Waals surface area contributed by atoms with Crippen molar-refractivity contribution in [2.45, 2.75) is 19.8 Å². The Morgan fingerprint density at radius 2 is 2.15 bits per heavy atom. The van der Waals surface area contributed by atoms with Gasteiger partial charge >= 0.3 is 0 Å². The zero-order valence-corrected chi connectivity index (χ0v) is 12.0. The first-order valence-electron chi connectivity index (χ1n) is 7.41. The highest BCUT2D eigenvalue weighted by Crippen LogP contribution is 2.23. The molecule has 0 N–H and O–H groups in total. The number of benzene rings is 1. The van der Waals surface area contributed by atoms with Gasteiger partial charge < -0.3 is 9.64 Å². The number of rotatable bonds is 5. The van der Waals surface area contributed by atoms with Crippen molar-refractivity contribution < 1.29 is 4.74 Å². The average molecular weight is 271 g/mol. The summed E-state index contributed by atoms with van der Waals surface area (Å²) >= 11 is 0. The van der Waals surface area contributed by atoms with Crippen LogP contribution in [-0.4, -0.2) is 36.3 Å². The van der Waals surface area contributed by atoms with Crippen molar-refractivity contribution in [3.05, 3.63) is 30.5 Å². The molecule has 0 radical (unpaired) electrons. The third kappa shape index (κ3) is 2.90. The Balaban J connectivity index is 1.66. The highest BCUT2D eigenvalue weighted by atomic mass is 16.5. The van der Waals surface area contributed by atoms with Crippen LogP contribution in [0, 0.1) is 5.92 Å². The van der Waals surface area contributed by atoms with Crippen LogP contribution in [0.5, 0.6) is 0 Å². The molecule has 0 saturated carbocycles. The summed E-state index contributed by atoms with van der Waals surface area (Å²) in [5.74, 6) is 1.61. The Morgan fingerprint density at radius 3 is 3.00 bits per heavy atom. The molecular weight excluding hydrogens is 250 g/mol. The molecule has 1 aliphatic rings. The maximum Gasteiger partial charge on any atom is 0.147 e. The summed E-state index contributed by atoms with van der Waals surface area (Å²) in [5, 5.41) is 0. The van der Waals surface area contributed by atoms with Gasteiger partial charge in [-0.2, -0.15) is 0 Å². The van der Waals surface area contributed by atoms with Gasteiger partial charge in [-0.25, -0.2) is 4.98 Å². The molecular formula is C16H21N3O. The number of ether oxygens (including phenoxy) is 1. The van der Waals surface area contributed by atoms with Gasteiger partial charge in [0.25, 0.3) is 0 Å². The highest BCUT2D eigenvalue weighted by Gasteiger charge is 2.23. The minimum Gasteiger partial charge on any atom is -0.381 e. The van der Waals surface area contributed by atoms with E-state index in [0.29, 0.717) is 5.92 Å². The molecule has 4 heteroatoms. The van der Waals surface area contributed by atoms with E-state index in [-0.39, 0.29) is 0 Å². The first kappa shape index (κ1) is 13.3. The first-order chi connectivity index (χ1) is 9.86. The Bertz CT molecular complexity index is 572. The van der Waals surface area contributed by atoms with E-state index in [1.807, 2.05) is 30.5 Å². The van der Waals surface area contributed by atoms with Gasteiger partial charge in [-0.1, -0.05) is 19.1 Å². The van der Waals surface area contributed by atoms with Gasteiger partial charge in [0.15, 0.2) is 0 Å². The SMILES string of the molecule is CCCOC[C@H]1CCN(c2cnc3ccccc3n2)C1. The van der Waals surface area contributed by atoms with Gasteiger partial charge in [0.05, 0.1) is 23.8 Å². The van der Waals surface area contributed by atoms with Crippen molar-refractivity contribution in [1.82, 2.24) is 9.97 Å². The lowest BCUT2D eigenvalue weighted by atomic mass is 10.1. The molecule has 20 heavy (non-hydrogen) atoms. The van der Waals surface area contributed by atoms with Crippen molar-refractivity contribution in [2.24, 2.45) is 5.92 Å². The van der Waals surface area contributed by atoms with Gasteiger partial charge in [0.1, 0.15) is 5.82 Å². The van der Waals surface area contributed by atoms with Crippen molar-refractivity contribution in [3.8, 4) is 0 Å². The lowest BCUT2D eigenvalue weighted by Crippen LogP contribution is -2.22. The molecule has 4 nitrogen and oxygen atoms in total. The third-order valence-electron chi connectivity index (χ3n) is 3.75.